The van der Waals surface area contributed by atoms with Gasteiger partial charge in [0.05, 0.1) is 6.10 Å². The Labute approximate surface area is 99.6 Å². The van der Waals surface area contributed by atoms with Crippen molar-refractivity contribution in [2.45, 2.75) is 43.9 Å². The fourth-order valence-corrected chi connectivity index (χ4v) is 2.58. The number of carbonyl (C=O) groups is 2. The SMILES string of the molecule is O=C(O)[C@@H]1CC(O)CN1C(=O)CC1CCCN1. The molecule has 2 aliphatic heterocycles. The zero-order valence-electron chi connectivity index (χ0n) is 9.63. The fraction of sp³-hybridized carbons (Fsp3) is 0.818. The number of likely N-dealkylation sites (tertiary alicyclic amines) is 1. The van der Waals surface area contributed by atoms with Crippen molar-refractivity contribution in [3.05, 3.63) is 0 Å². The average Bonchev–Trinajstić information content (AvgIpc) is 2.86. The molecule has 3 N–H and O–H groups in total. The van der Waals surface area contributed by atoms with Crippen LogP contribution in [0.1, 0.15) is 25.7 Å². The third-order valence-corrected chi connectivity index (χ3v) is 3.47. The first-order chi connectivity index (χ1) is 8.08. The number of rotatable bonds is 3. The van der Waals surface area contributed by atoms with Crippen molar-refractivity contribution in [3.8, 4) is 0 Å². The number of carboxylic acids is 1. The van der Waals surface area contributed by atoms with Crippen LogP contribution in [-0.4, -0.2) is 58.3 Å². The summed E-state index contributed by atoms with van der Waals surface area (Å²) in [7, 11) is 0. The van der Waals surface area contributed by atoms with E-state index in [1.165, 1.54) is 4.90 Å². The van der Waals surface area contributed by atoms with E-state index in [4.69, 9.17) is 5.11 Å². The lowest BCUT2D eigenvalue weighted by Gasteiger charge is -2.22. The molecular formula is C11H18N2O4. The molecule has 2 saturated heterocycles. The van der Waals surface area contributed by atoms with Crippen molar-refractivity contribution in [2.75, 3.05) is 13.1 Å². The molecule has 96 valence electrons. The molecule has 0 bridgehead atoms. The highest BCUT2D eigenvalue weighted by Crippen LogP contribution is 2.20. The quantitative estimate of drug-likeness (QED) is 0.601. The molecule has 2 heterocycles. The van der Waals surface area contributed by atoms with E-state index in [9.17, 15) is 14.7 Å². The Bertz CT molecular complexity index is 315. The van der Waals surface area contributed by atoms with E-state index in [0.29, 0.717) is 6.42 Å². The number of hydrogen-bond acceptors (Lipinski definition) is 4. The summed E-state index contributed by atoms with van der Waals surface area (Å²) in [5.74, 6) is -1.21. The first kappa shape index (κ1) is 12.3. The smallest absolute Gasteiger partial charge is 0.326 e. The maximum absolute atomic E-state index is 12.0. The zero-order valence-corrected chi connectivity index (χ0v) is 9.63. The molecule has 0 aromatic rings. The second-order valence-electron chi connectivity index (χ2n) is 4.79. The summed E-state index contributed by atoms with van der Waals surface area (Å²) in [6.45, 7) is 1.06. The number of amides is 1. The van der Waals surface area contributed by atoms with Crippen molar-refractivity contribution < 1.29 is 19.8 Å². The van der Waals surface area contributed by atoms with Gasteiger partial charge in [-0.05, 0) is 19.4 Å². The molecule has 2 fully saturated rings. The molecule has 2 rings (SSSR count). The van der Waals surface area contributed by atoms with Crippen LogP contribution < -0.4 is 5.32 Å². The number of nitrogens with one attached hydrogen (secondary N) is 1. The largest absolute Gasteiger partial charge is 0.480 e. The summed E-state index contributed by atoms with van der Waals surface area (Å²) in [5, 5.41) is 21.7. The van der Waals surface area contributed by atoms with Crippen molar-refractivity contribution in [1.82, 2.24) is 10.2 Å². The van der Waals surface area contributed by atoms with Gasteiger partial charge in [0.1, 0.15) is 6.04 Å². The predicted molar refractivity (Wildman–Crippen MR) is 59.4 cm³/mol. The average molecular weight is 242 g/mol. The fourth-order valence-electron chi connectivity index (χ4n) is 2.58. The molecule has 3 atom stereocenters. The number of hydrogen-bond donors (Lipinski definition) is 3. The number of carbonyl (C=O) groups excluding carboxylic acids is 1. The molecular weight excluding hydrogens is 224 g/mol. The molecule has 2 aliphatic rings. The van der Waals surface area contributed by atoms with Crippen molar-refractivity contribution in [3.63, 3.8) is 0 Å². The predicted octanol–water partition coefficient (Wildman–Crippen LogP) is -0.825. The van der Waals surface area contributed by atoms with Crippen LogP contribution in [0, 0.1) is 0 Å². The summed E-state index contributed by atoms with van der Waals surface area (Å²) in [4.78, 5) is 24.3. The molecule has 0 aromatic heterocycles. The molecule has 0 radical (unpaired) electrons. The first-order valence-electron chi connectivity index (χ1n) is 6.01. The third kappa shape index (κ3) is 2.76. The Hall–Kier alpha value is -1.14. The van der Waals surface area contributed by atoms with E-state index in [0.717, 1.165) is 19.4 Å². The second kappa shape index (κ2) is 5.01. The van der Waals surface area contributed by atoms with Gasteiger partial charge in [-0.2, -0.15) is 0 Å². The van der Waals surface area contributed by atoms with Gasteiger partial charge in [0, 0.05) is 25.4 Å². The van der Waals surface area contributed by atoms with Gasteiger partial charge in [-0.15, -0.1) is 0 Å². The number of nitrogens with zero attached hydrogens (tertiary/aromatic N) is 1. The van der Waals surface area contributed by atoms with E-state index >= 15 is 0 Å². The summed E-state index contributed by atoms with van der Waals surface area (Å²) in [6.07, 6.45) is 1.77. The Morgan fingerprint density at radius 1 is 1.41 bits per heavy atom. The lowest BCUT2D eigenvalue weighted by atomic mass is 10.1. The van der Waals surface area contributed by atoms with Gasteiger partial charge in [-0.25, -0.2) is 4.79 Å². The Kier molecular flexibility index (Phi) is 3.63. The van der Waals surface area contributed by atoms with E-state index in [2.05, 4.69) is 5.32 Å². The number of carboxylic acid groups (broad SMARTS) is 1. The maximum Gasteiger partial charge on any atom is 0.326 e. The first-order valence-corrected chi connectivity index (χ1v) is 6.01. The van der Waals surface area contributed by atoms with Gasteiger partial charge in [0.2, 0.25) is 5.91 Å². The van der Waals surface area contributed by atoms with Gasteiger partial charge in [-0.1, -0.05) is 0 Å². The summed E-state index contributed by atoms with van der Waals surface area (Å²) in [5.41, 5.74) is 0. The minimum atomic E-state index is -1.03. The molecule has 6 nitrogen and oxygen atoms in total. The van der Waals surface area contributed by atoms with Gasteiger partial charge in [0.15, 0.2) is 0 Å². The molecule has 1 amide bonds. The van der Waals surface area contributed by atoms with E-state index in [1.54, 1.807) is 0 Å². The van der Waals surface area contributed by atoms with Crippen molar-refractivity contribution in [2.24, 2.45) is 0 Å². The van der Waals surface area contributed by atoms with Crippen molar-refractivity contribution >= 4 is 11.9 Å². The lowest BCUT2D eigenvalue weighted by Crippen LogP contribution is -2.42. The van der Waals surface area contributed by atoms with Crippen LogP contribution >= 0.6 is 0 Å². The van der Waals surface area contributed by atoms with E-state index < -0.39 is 18.1 Å². The molecule has 17 heavy (non-hydrogen) atoms. The van der Waals surface area contributed by atoms with Crippen LogP contribution in [0.15, 0.2) is 0 Å². The molecule has 0 spiro atoms. The number of β-amino-alcohol motifs (C(OH)–C–C–N with tert-alkyl or cyclic N) is 1. The van der Waals surface area contributed by atoms with Crippen LogP contribution in [0.3, 0.4) is 0 Å². The zero-order chi connectivity index (χ0) is 12.4. The Balaban J connectivity index is 1.94. The highest BCUT2D eigenvalue weighted by atomic mass is 16.4. The summed E-state index contributed by atoms with van der Waals surface area (Å²) < 4.78 is 0. The Morgan fingerprint density at radius 2 is 2.18 bits per heavy atom. The number of aliphatic hydroxyl groups excluding tert-OH is 1. The number of aliphatic carboxylic acids is 1. The Morgan fingerprint density at radius 3 is 2.76 bits per heavy atom. The van der Waals surface area contributed by atoms with Crippen molar-refractivity contribution in [1.29, 1.82) is 0 Å². The standard InChI is InChI=1S/C11H18N2O4/c14-8-5-9(11(16)17)13(6-8)10(15)4-7-2-1-3-12-7/h7-9,12,14H,1-6H2,(H,16,17)/t7?,8?,9-/m0/s1. The van der Waals surface area contributed by atoms with Crippen LogP contribution in [0.25, 0.3) is 0 Å². The number of aliphatic hydroxyl groups is 1. The van der Waals surface area contributed by atoms with Gasteiger partial charge in [0.25, 0.3) is 0 Å². The molecule has 0 saturated carbocycles. The van der Waals surface area contributed by atoms with Crippen LogP contribution in [0.2, 0.25) is 0 Å². The highest BCUT2D eigenvalue weighted by Gasteiger charge is 2.39. The van der Waals surface area contributed by atoms with Gasteiger partial charge >= 0.3 is 5.97 Å². The minimum absolute atomic E-state index is 0.138. The molecule has 6 heteroatoms. The van der Waals surface area contributed by atoms with Gasteiger partial charge < -0.3 is 20.4 Å². The summed E-state index contributed by atoms with van der Waals surface area (Å²) in [6, 6.07) is -0.700. The maximum atomic E-state index is 12.0. The topological polar surface area (TPSA) is 89.9 Å². The van der Waals surface area contributed by atoms with Crippen LogP contribution in [0.4, 0.5) is 0 Å². The summed E-state index contributed by atoms with van der Waals surface area (Å²) >= 11 is 0. The van der Waals surface area contributed by atoms with Gasteiger partial charge in [-0.3, -0.25) is 4.79 Å². The van der Waals surface area contributed by atoms with E-state index in [1.807, 2.05) is 0 Å². The highest BCUT2D eigenvalue weighted by molar-refractivity contribution is 5.84. The molecule has 2 unspecified atom stereocenters. The van der Waals surface area contributed by atoms with E-state index in [-0.39, 0.29) is 24.9 Å². The molecule has 0 aromatic carbocycles. The molecule has 0 aliphatic carbocycles. The minimum Gasteiger partial charge on any atom is -0.480 e. The van der Waals surface area contributed by atoms with Crippen LogP contribution in [-0.2, 0) is 9.59 Å². The lowest BCUT2D eigenvalue weighted by molar-refractivity contribution is -0.148. The second-order valence-corrected chi connectivity index (χ2v) is 4.79. The normalized spacial score (nSPS) is 33.0. The monoisotopic (exact) mass is 242 g/mol. The van der Waals surface area contributed by atoms with Crippen LogP contribution in [0.5, 0.6) is 0 Å². The third-order valence-electron chi connectivity index (χ3n) is 3.47.